The molecule has 0 amide bonds. The Morgan fingerprint density at radius 1 is 1.33 bits per heavy atom. The number of benzene rings is 1. The van der Waals surface area contributed by atoms with Gasteiger partial charge in [0, 0.05) is 12.2 Å². The van der Waals surface area contributed by atoms with E-state index in [0.717, 1.165) is 18.7 Å². The topological polar surface area (TPSA) is 58.2 Å². The van der Waals surface area contributed by atoms with Crippen LogP contribution in [-0.4, -0.2) is 22.0 Å². The van der Waals surface area contributed by atoms with Gasteiger partial charge in [-0.15, -0.1) is 0 Å². The number of sulfonamides is 1. The molecule has 0 atom stereocenters. The SMILES string of the molecule is CCCNc1cccc(S(=O)(=O)NC)c1. The second-order valence-corrected chi connectivity index (χ2v) is 5.05. The van der Waals surface area contributed by atoms with Gasteiger partial charge >= 0.3 is 0 Å². The lowest BCUT2D eigenvalue weighted by molar-refractivity contribution is 0.588. The Morgan fingerprint density at radius 2 is 2.07 bits per heavy atom. The Labute approximate surface area is 90.8 Å². The van der Waals surface area contributed by atoms with Crippen LogP contribution in [0.5, 0.6) is 0 Å². The Balaban J connectivity index is 2.93. The smallest absolute Gasteiger partial charge is 0.240 e. The first-order valence-corrected chi connectivity index (χ1v) is 6.36. The van der Waals surface area contributed by atoms with Crippen molar-refractivity contribution in [2.45, 2.75) is 18.2 Å². The first-order chi connectivity index (χ1) is 7.10. The Bertz CT molecular complexity index is 415. The summed E-state index contributed by atoms with van der Waals surface area (Å²) >= 11 is 0. The standard InChI is InChI=1S/C10H16N2O2S/c1-3-7-12-9-5-4-6-10(8-9)15(13,14)11-2/h4-6,8,11-12H,3,7H2,1-2H3. The lowest BCUT2D eigenvalue weighted by Gasteiger charge is -2.07. The molecule has 0 radical (unpaired) electrons. The average molecular weight is 228 g/mol. The molecular formula is C10H16N2O2S. The fourth-order valence-corrected chi connectivity index (χ4v) is 1.94. The van der Waals surface area contributed by atoms with Crippen molar-refractivity contribution in [2.24, 2.45) is 0 Å². The van der Waals surface area contributed by atoms with Gasteiger partial charge in [-0.1, -0.05) is 13.0 Å². The molecule has 0 heterocycles. The maximum Gasteiger partial charge on any atom is 0.240 e. The molecule has 84 valence electrons. The minimum Gasteiger partial charge on any atom is -0.385 e. The summed E-state index contributed by atoms with van der Waals surface area (Å²) in [5.74, 6) is 0. The highest BCUT2D eigenvalue weighted by Crippen LogP contribution is 2.14. The van der Waals surface area contributed by atoms with E-state index < -0.39 is 10.0 Å². The average Bonchev–Trinajstić information content (AvgIpc) is 2.27. The lowest BCUT2D eigenvalue weighted by atomic mass is 10.3. The lowest BCUT2D eigenvalue weighted by Crippen LogP contribution is -2.18. The van der Waals surface area contributed by atoms with Gasteiger partial charge < -0.3 is 5.32 Å². The molecule has 2 N–H and O–H groups in total. The van der Waals surface area contributed by atoms with Gasteiger partial charge in [0.15, 0.2) is 0 Å². The maximum atomic E-state index is 11.5. The van der Waals surface area contributed by atoms with E-state index in [1.165, 1.54) is 7.05 Å². The van der Waals surface area contributed by atoms with E-state index in [0.29, 0.717) is 0 Å². The molecule has 0 aliphatic carbocycles. The molecular weight excluding hydrogens is 212 g/mol. The van der Waals surface area contributed by atoms with Crippen molar-refractivity contribution in [3.8, 4) is 0 Å². The van der Waals surface area contributed by atoms with Gasteiger partial charge in [-0.05, 0) is 31.7 Å². The normalized spacial score (nSPS) is 11.3. The van der Waals surface area contributed by atoms with Crippen LogP contribution in [0.25, 0.3) is 0 Å². The van der Waals surface area contributed by atoms with Crippen LogP contribution >= 0.6 is 0 Å². The second kappa shape index (κ2) is 5.14. The number of anilines is 1. The fraction of sp³-hybridized carbons (Fsp3) is 0.400. The molecule has 4 nitrogen and oxygen atoms in total. The maximum absolute atomic E-state index is 11.5. The summed E-state index contributed by atoms with van der Waals surface area (Å²) in [6.07, 6.45) is 1.00. The molecule has 0 unspecified atom stereocenters. The minimum absolute atomic E-state index is 0.283. The minimum atomic E-state index is -3.34. The highest BCUT2D eigenvalue weighted by atomic mass is 32.2. The number of nitrogens with one attached hydrogen (secondary N) is 2. The van der Waals surface area contributed by atoms with E-state index in [2.05, 4.69) is 17.0 Å². The van der Waals surface area contributed by atoms with Gasteiger partial charge in [-0.25, -0.2) is 13.1 Å². The monoisotopic (exact) mass is 228 g/mol. The number of hydrogen-bond donors (Lipinski definition) is 2. The summed E-state index contributed by atoms with van der Waals surface area (Å²) in [6, 6.07) is 6.77. The number of rotatable bonds is 5. The van der Waals surface area contributed by atoms with Crippen LogP contribution in [0.2, 0.25) is 0 Å². The summed E-state index contributed by atoms with van der Waals surface area (Å²) in [4.78, 5) is 0.283. The van der Waals surface area contributed by atoms with Crippen LogP contribution < -0.4 is 10.0 Å². The molecule has 0 saturated heterocycles. The van der Waals surface area contributed by atoms with Crippen LogP contribution in [-0.2, 0) is 10.0 Å². The van der Waals surface area contributed by atoms with Gasteiger partial charge in [-0.2, -0.15) is 0 Å². The quantitative estimate of drug-likeness (QED) is 0.801. The van der Waals surface area contributed by atoms with E-state index in [1.807, 2.05) is 6.07 Å². The van der Waals surface area contributed by atoms with E-state index in [1.54, 1.807) is 18.2 Å². The zero-order chi connectivity index (χ0) is 11.3. The molecule has 5 heteroatoms. The van der Waals surface area contributed by atoms with Crippen LogP contribution in [0.4, 0.5) is 5.69 Å². The number of hydrogen-bond acceptors (Lipinski definition) is 3. The van der Waals surface area contributed by atoms with Crippen molar-refractivity contribution in [2.75, 3.05) is 18.9 Å². The molecule has 15 heavy (non-hydrogen) atoms. The van der Waals surface area contributed by atoms with Crippen molar-refractivity contribution in [3.05, 3.63) is 24.3 Å². The third-order valence-electron chi connectivity index (χ3n) is 1.99. The first-order valence-electron chi connectivity index (χ1n) is 4.87. The van der Waals surface area contributed by atoms with E-state index in [-0.39, 0.29) is 4.90 Å². The van der Waals surface area contributed by atoms with Crippen LogP contribution in [0, 0.1) is 0 Å². The zero-order valence-corrected chi connectivity index (χ0v) is 9.76. The predicted octanol–water partition coefficient (Wildman–Crippen LogP) is 1.42. The van der Waals surface area contributed by atoms with E-state index >= 15 is 0 Å². The van der Waals surface area contributed by atoms with Crippen molar-refractivity contribution in [1.29, 1.82) is 0 Å². The van der Waals surface area contributed by atoms with Crippen LogP contribution in [0.1, 0.15) is 13.3 Å². The Morgan fingerprint density at radius 3 is 2.67 bits per heavy atom. The van der Waals surface area contributed by atoms with Gasteiger partial charge in [-0.3, -0.25) is 0 Å². The molecule has 1 aromatic carbocycles. The van der Waals surface area contributed by atoms with Crippen molar-refractivity contribution < 1.29 is 8.42 Å². The third kappa shape index (κ3) is 3.21. The van der Waals surface area contributed by atoms with Crippen molar-refractivity contribution >= 4 is 15.7 Å². The van der Waals surface area contributed by atoms with Gasteiger partial charge in [0.2, 0.25) is 10.0 Å². The van der Waals surface area contributed by atoms with Gasteiger partial charge in [0.05, 0.1) is 4.90 Å². The summed E-state index contributed by atoms with van der Waals surface area (Å²) in [5.41, 5.74) is 0.827. The summed E-state index contributed by atoms with van der Waals surface area (Å²) in [6.45, 7) is 2.89. The van der Waals surface area contributed by atoms with Crippen molar-refractivity contribution in [3.63, 3.8) is 0 Å². The van der Waals surface area contributed by atoms with Gasteiger partial charge in [0.25, 0.3) is 0 Å². The first kappa shape index (κ1) is 12.0. The van der Waals surface area contributed by atoms with Crippen LogP contribution in [0.3, 0.4) is 0 Å². The highest BCUT2D eigenvalue weighted by molar-refractivity contribution is 7.89. The van der Waals surface area contributed by atoms with Crippen LogP contribution in [0.15, 0.2) is 29.2 Å². The molecule has 1 aromatic rings. The molecule has 1 rings (SSSR count). The summed E-state index contributed by atoms with van der Waals surface area (Å²) in [7, 11) is -1.93. The summed E-state index contributed by atoms with van der Waals surface area (Å²) < 4.78 is 25.3. The summed E-state index contributed by atoms with van der Waals surface area (Å²) in [5, 5.41) is 3.14. The van der Waals surface area contributed by atoms with E-state index in [4.69, 9.17) is 0 Å². The fourth-order valence-electron chi connectivity index (χ4n) is 1.16. The molecule has 0 aliphatic rings. The molecule has 0 saturated carbocycles. The largest absolute Gasteiger partial charge is 0.385 e. The zero-order valence-electron chi connectivity index (χ0n) is 8.95. The molecule has 0 bridgehead atoms. The Kier molecular flexibility index (Phi) is 4.11. The van der Waals surface area contributed by atoms with Gasteiger partial charge in [0.1, 0.15) is 0 Å². The molecule has 0 spiro atoms. The van der Waals surface area contributed by atoms with Crippen molar-refractivity contribution in [1.82, 2.24) is 4.72 Å². The second-order valence-electron chi connectivity index (χ2n) is 3.16. The highest BCUT2D eigenvalue weighted by Gasteiger charge is 2.10. The Hall–Kier alpha value is -1.07. The van der Waals surface area contributed by atoms with E-state index in [9.17, 15) is 8.42 Å². The molecule has 0 aliphatic heterocycles. The molecule has 0 aromatic heterocycles. The molecule has 0 fully saturated rings. The predicted molar refractivity (Wildman–Crippen MR) is 61.5 cm³/mol. The third-order valence-corrected chi connectivity index (χ3v) is 3.40.